The number of alkyl carbamates (subject to hydrolysis) is 1. The Bertz CT molecular complexity index is 744. The van der Waals surface area contributed by atoms with Gasteiger partial charge in [-0.05, 0) is 5.56 Å². The summed E-state index contributed by atoms with van der Waals surface area (Å²) in [4.78, 5) is 25.9. The summed E-state index contributed by atoms with van der Waals surface area (Å²) in [5.74, 6) is 0. The van der Waals surface area contributed by atoms with Gasteiger partial charge in [0.05, 0.1) is 6.61 Å². The normalized spacial score (nSPS) is 25.2. The van der Waals surface area contributed by atoms with E-state index in [0.29, 0.717) is 0 Å². The molecule has 4 N–H and O–H groups in total. The second kappa shape index (κ2) is 12.1. The van der Waals surface area contributed by atoms with E-state index in [1.54, 1.807) is 24.3 Å². The summed E-state index contributed by atoms with van der Waals surface area (Å²) in [6, 6.07) is 7.66. The van der Waals surface area contributed by atoms with Gasteiger partial charge in [-0.1, -0.05) is 49.1 Å². The maximum atomic E-state index is 12.5. The first kappa shape index (κ1) is 24.4. The first-order valence-corrected chi connectivity index (χ1v) is 9.67. The van der Waals surface area contributed by atoms with Crippen LogP contribution in [0.1, 0.15) is 5.56 Å². The van der Waals surface area contributed by atoms with Crippen molar-refractivity contribution in [2.75, 3.05) is 19.8 Å². The van der Waals surface area contributed by atoms with Gasteiger partial charge in [0, 0.05) is 6.54 Å². The van der Waals surface area contributed by atoms with E-state index in [4.69, 9.17) is 14.2 Å². The van der Waals surface area contributed by atoms with Gasteiger partial charge in [-0.3, -0.25) is 4.90 Å². The number of ether oxygens (including phenoxy) is 3. The van der Waals surface area contributed by atoms with E-state index < -0.39 is 49.4 Å². The van der Waals surface area contributed by atoms with Crippen LogP contribution in [0, 0.1) is 0 Å². The molecular formula is C21H28N2O8. The molecular weight excluding hydrogens is 408 g/mol. The molecule has 2 rings (SSSR count). The van der Waals surface area contributed by atoms with E-state index in [1.165, 1.54) is 12.2 Å². The summed E-state index contributed by atoms with van der Waals surface area (Å²) in [5.41, 5.74) is 0.747. The summed E-state index contributed by atoms with van der Waals surface area (Å²) >= 11 is 0. The van der Waals surface area contributed by atoms with Crippen molar-refractivity contribution in [1.82, 2.24) is 10.2 Å². The number of aliphatic hydroxyl groups excluding tert-OH is 3. The number of hydrogen-bond donors (Lipinski definition) is 4. The summed E-state index contributed by atoms with van der Waals surface area (Å²) in [5, 5.41) is 32.8. The lowest BCUT2D eigenvalue weighted by molar-refractivity contribution is -0.223. The SMILES string of the molecule is C=CCOC(=O)N(CC=C)[C@@H]1O[C@H](CO)[C@@H](O)[C@H](O)[C@H]1NC(=O)OCc1ccccc1. The number of nitrogens with one attached hydrogen (secondary N) is 1. The Morgan fingerprint density at radius 3 is 2.45 bits per heavy atom. The minimum absolute atomic E-state index is 0.0272. The highest BCUT2D eigenvalue weighted by Crippen LogP contribution is 2.25. The molecule has 5 atom stereocenters. The highest BCUT2D eigenvalue weighted by molar-refractivity contribution is 5.70. The minimum Gasteiger partial charge on any atom is -0.445 e. The first-order valence-electron chi connectivity index (χ1n) is 9.67. The zero-order chi connectivity index (χ0) is 22.8. The molecule has 0 aromatic heterocycles. The van der Waals surface area contributed by atoms with Crippen molar-refractivity contribution in [3.05, 3.63) is 61.2 Å². The van der Waals surface area contributed by atoms with Crippen LogP contribution in [0.2, 0.25) is 0 Å². The third-order valence-electron chi connectivity index (χ3n) is 4.59. The molecule has 0 aliphatic carbocycles. The molecule has 10 nitrogen and oxygen atoms in total. The van der Waals surface area contributed by atoms with Crippen molar-refractivity contribution < 1.29 is 39.1 Å². The van der Waals surface area contributed by atoms with E-state index in [2.05, 4.69) is 18.5 Å². The molecule has 1 aliphatic rings. The molecule has 170 valence electrons. The monoisotopic (exact) mass is 436 g/mol. The fourth-order valence-electron chi connectivity index (χ4n) is 3.06. The number of nitrogens with zero attached hydrogens (tertiary/aromatic N) is 1. The molecule has 1 aliphatic heterocycles. The molecule has 31 heavy (non-hydrogen) atoms. The predicted octanol–water partition coefficient (Wildman–Crippen LogP) is 0.531. The molecule has 2 amide bonds. The Morgan fingerprint density at radius 1 is 1.13 bits per heavy atom. The van der Waals surface area contributed by atoms with Crippen molar-refractivity contribution in [2.45, 2.75) is 37.2 Å². The van der Waals surface area contributed by atoms with Crippen LogP contribution in [0.5, 0.6) is 0 Å². The van der Waals surface area contributed by atoms with Gasteiger partial charge < -0.3 is 34.8 Å². The molecule has 1 saturated heterocycles. The molecule has 1 heterocycles. The summed E-state index contributed by atoms with van der Waals surface area (Å²) in [7, 11) is 0. The number of carbonyl (C=O) groups is 2. The number of rotatable bonds is 9. The van der Waals surface area contributed by atoms with Crippen molar-refractivity contribution in [2.24, 2.45) is 0 Å². The van der Waals surface area contributed by atoms with Gasteiger partial charge in [0.25, 0.3) is 0 Å². The van der Waals surface area contributed by atoms with Crippen LogP contribution in [0.15, 0.2) is 55.6 Å². The Kier molecular flexibility index (Phi) is 9.47. The highest BCUT2D eigenvalue weighted by atomic mass is 16.6. The molecule has 0 unspecified atom stereocenters. The first-order chi connectivity index (χ1) is 14.9. The Morgan fingerprint density at radius 2 is 1.84 bits per heavy atom. The molecule has 0 radical (unpaired) electrons. The Hall–Kier alpha value is -2.92. The van der Waals surface area contributed by atoms with Gasteiger partial charge >= 0.3 is 12.2 Å². The molecule has 0 bridgehead atoms. The maximum Gasteiger partial charge on any atom is 0.412 e. The Balaban J connectivity index is 2.19. The molecule has 0 spiro atoms. The van der Waals surface area contributed by atoms with E-state index in [1.807, 2.05) is 6.07 Å². The van der Waals surface area contributed by atoms with Crippen LogP contribution in [0.25, 0.3) is 0 Å². The fraction of sp³-hybridized carbons (Fsp3) is 0.429. The maximum absolute atomic E-state index is 12.5. The van der Waals surface area contributed by atoms with Crippen molar-refractivity contribution in [3.63, 3.8) is 0 Å². The van der Waals surface area contributed by atoms with Crippen LogP contribution in [-0.2, 0) is 20.8 Å². The number of benzene rings is 1. The summed E-state index contributed by atoms with van der Waals surface area (Å²) < 4.78 is 15.8. The van der Waals surface area contributed by atoms with Gasteiger partial charge in [0.1, 0.15) is 37.6 Å². The van der Waals surface area contributed by atoms with E-state index >= 15 is 0 Å². The van der Waals surface area contributed by atoms with Crippen molar-refractivity contribution >= 4 is 12.2 Å². The van der Waals surface area contributed by atoms with Crippen LogP contribution in [0.3, 0.4) is 0 Å². The molecule has 1 aromatic carbocycles. The van der Waals surface area contributed by atoms with Gasteiger partial charge in [0.2, 0.25) is 0 Å². The minimum atomic E-state index is -1.57. The molecule has 10 heteroatoms. The zero-order valence-electron chi connectivity index (χ0n) is 17.0. The number of carbonyl (C=O) groups excluding carboxylic acids is 2. The Labute approximate surface area is 180 Å². The van der Waals surface area contributed by atoms with Crippen LogP contribution in [0.4, 0.5) is 9.59 Å². The fourth-order valence-corrected chi connectivity index (χ4v) is 3.06. The van der Waals surface area contributed by atoms with Crippen molar-refractivity contribution in [1.29, 1.82) is 0 Å². The van der Waals surface area contributed by atoms with Gasteiger partial charge in [0.15, 0.2) is 6.23 Å². The van der Waals surface area contributed by atoms with Crippen LogP contribution >= 0.6 is 0 Å². The van der Waals surface area contributed by atoms with Crippen LogP contribution in [-0.4, -0.2) is 82.7 Å². The molecule has 0 saturated carbocycles. The average Bonchev–Trinajstić information content (AvgIpc) is 2.78. The van der Waals surface area contributed by atoms with Crippen LogP contribution < -0.4 is 5.32 Å². The lowest BCUT2D eigenvalue weighted by Crippen LogP contribution is -2.68. The topological polar surface area (TPSA) is 138 Å². The second-order valence-electron chi connectivity index (χ2n) is 6.77. The second-order valence-corrected chi connectivity index (χ2v) is 6.77. The quantitative estimate of drug-likeness (QED) is 0.412. The zero-order valence-corrected chi connectivity index (χ0v) is 17.0. The molecule has 1 aromatic rings. The molecule has 1 fully saturated rings. The lowest BCUT2D eigenvalue weighted by Gasteiger charge is -2.45. The van der Waals surface area contributed by atoms with E-state index in [9.17, 15) is 24.9 Å². The third kappa shape index (κ3) is 6.53. The van der Waals surface area contributed by atoms with Gasteiger partial charge in [-0.25, -0.2) is 9.59 Å². The lowest BCUT2D eigenvalue weighted by atomic mass is 9.95. The standard InChI is InChI=1S/C21H28N2O8/c1-3-10-23(21(28)29-11-4-2)19-16(18(26)17(25)15(12-24)31-19)22-20(27)30-13-14-8-6-5-7-9-14/h3-9,15-19,24-26H,1-2,10-13H2,(H,22,27)/t15-,16-,17-,18-,19-/m1/s1. The predicted molar refractivity (Wildman–Crippen MR) is 110 cm³/mol. The van der Waals surface area contributed by atoms with Gasteiger partial charge in [-0.2, -0.15) is 0 Å². The smallest absolute Gasteiger partial charge is 0.412 e. The summed E-state index contributed by atoms with van der Waals surface area (Å²) in [6.07, 6.45) is -4.52. The third-order valence-corrected chi connectivity index (χ3v) is 4.59. The van der Waals surface area contributed by atoms with Gasteiger partial charge in [-0.15, -0.1) is 6.58 Å². The number of aliphatic hydroxyl groups is 3. The number of hydrogen-bond acceptors (Lipinski definition) is 8. The largest absolute Gasteiger partial charge is 0.445 e. The van der Waals surface area contributed by atoms with E-state index in [-0.39, 0.29) is 19.8 Å². The van der Waals surface area contributed by atoms with Crippen molar-refractivity contribution in [3.8, 4) is 0 Å². The average molecular weight is 436 g/mol. The van der Waals surface area contributed by atoms with E-state index in [0.717, 1.165) is 10.5 Å². The highest BCUT2D eigenvalue weighted by Gasteiger charge is 2.48. The summed E-state index contributed by atoms with van der Waals surface area (Å²) in [6.45, 7) is 6.27. The number of amides is 2.